The van der Waals surface area contributed by atoms with Crippen LogP contribution in [0.3, 0.4) is 0 Å². The Morgan fingerprint density at radius 3 is 2.44 bits per heavy atom. The van der Waals surface area contributed by atoms with E-state index in [0.717, 1.165) is 20.8 Å². The molecule has 7 unspecified atom stereocenters. The zero-order chi connectivity index (χ0) is 35.6. The van der Waals surface area contributed by atoms with Gasteiger partial charge in [0.15, 0.2) is 24.0 Å². The number of fused-ring (bicyclic) bond motifs is 1. The average Bonchev–Trinajstić information content (AvgIpc) is 3.56. The number of nitrogens with two attached hydrogens (primary N) is 1. The van der Waals surface area contributed by atoms with Crippen LogP contribution in [-0.4, -0.2) is 115 Å². The highest BCUT2D eigenvalue weighted by atomic mass is 32.7. The van der Waals surface area contributed by atoms with Gasteiger partial charge in [-0.25, -0.2) is 23.5 Å². The number of nitrogens with zero attached hydrogens (tertiary/aromatic N) is 4. The Bertz CT molecular complexity index is 1600. The number of halogens is 1. The summed E-state index contributed by atoms with van der Waals surface area (Å²) in [6.07, 6.45) is -13.3. The van der Waals surface area contributed by atoms with E-state index in [2.05, 4.69) is 36.4 Å². The summed E-state index contributed by atoms with van der Waals surface area (Å²) in [5, 5.41) is 25.5. The molecule has 0 radical (unpaired) electrons. The lowest BCUT2D eigenvalue weighted by Crippen LogP contribution is -2.63. The molecule has 268 valence electrons. The predicted octanol–water partition coefficient (Wildman–Crippen LogP) is -0.0641. The lowest BCUT2D eigenvalue weighted by molar-refractivity contribution is -0.293. The van der Waals surface area contributed by atoms with Crippen LogP contribution < -0.4 is 5.73 Å². The van der Waals surface area contributed by atoms with Gasteiger partial charge in [-0.15, -0.1) is 0 Å². The van der Waals surface area contributed by atoms with Gasteiger partial charge in [0, 0.05) is 32.8 Å². The fourth-order valence-electron chi connectivity index (χ4n) is 4.83. The Labute approximate surface area is 275 Å². The number of carbonyl (C=O) groups excluding carboxylic acids is 3. The fourth-order valence-corrected chi connectivity index (χ4v) is 8.03. The normalized spacial score (nSPS) is 30.6. The summed E-state index contributed by atoms with van der Waals surface area (Å²) in [5.41, 5.74) is 6.37. The minimum atomic E-state index is -5.62. The summed E-state index contributed by atoms with van der Waals surface area (Å²) in [6.45, 7) is -3.61. The minimum absolute atomic E-state index is 0.0287. The molecule has 21 nitrogen and oxygen atoms in total. The first kappa shape index (κ1) is 38.0. The topological polar surface area (TPSA) is 289 Å². The van der Waals surface area contributed by atoms with Crippen LogP contribution in [0.1, 0.15) is 38.9 Å². The molecule has 4 rings (SSSR count). The Morgan fingerprint density at radius 2 is 1.79 bits per heavy atom. The first-order chi connectivity index (χ1) is 22.4. The second-order valence-electron chi connectivity index (χ2n) is 10.4. The number of aromatic nitrogens is 4. The number of alkyl halides is 1. The van der Waals surface area contributed by atoms with Gasteiger partial charge in [-0.1, -0.05) is 12.2 Å². The maximum atomic E-state index is 15.1. The molecule has 0 amide bonds. The SMILES string of the molecule is CC(=O)OC[C@H](F)C1OC(OP(=O)(O)OP(=O)(S)OC[C@@H]2C[C@@H](O)[C@H](c3cnn4c(N)ncnc34)O2)C(OC(C)=O)C(O)C1OC(C)=O. The second-order valence-corrected chi connectivity index (χ2v) is 14.9. The van der Waals surface area contributed by atoms with Crippen LogP contribution in [0.15, 0.2) is 12.5 Å². The van der Waals surface area contributed by atoms with Gasteiger partial charge < -0.3 is 44.5 Å². The quantitative estimate of drug-likeness (QED) is 0.0776. The maximum Gasteiger partial charge on any atom is 0.482 e. The maximum absolute atomic E-state index is 15.1. The molecule has 2 aliphatic heterocycles. The molecule has 2 fully saturated rings. The third-order valence-electron chi connectivity index (χ3n) is 6.69. The molecule has 2 aromatic rings. The number of ether oxygens (including phenoxy) is 5. The Morgan fingerprint density at radius 1 is 1.12 bits per heavy atom. The van der Waals surface area contributed by atoms with E-state index in [1.54, 1.807) is 0 Å². The number of phosphoric ester groups is 1. The Kier molecular flexibility index (Phi) is 12.2. The molecule has 11 atom stereocenters. The molecular weight excluding hydrogens is 715 g/mol. The lowest BCUT2D eigenvalue weighted by atomic mass is 9.95. The van der Waals surface area contributed by atoms with E-state index in [1.807, 2.05) is 0 Å². The largest absolute Gasteiger partial charge is 0.482 e. The molecule has 48 heavy (non-hydrogen) atoms. The van der Waals surface area contributed by atoms with Crippen LogP contribution in [-0.2, 0) is 60.6 Å². The number of anilines is 1. The van der Waals surface area contributed by atoms with Crippen LogP contribution in [0, 0.1) is 0 Å². The van der Waals surface area contributed by atoms with Gasteiger partial charge in [0.1, 0.15) is 31.2 Å². The van der Waals surface area contributed by atoms with Gasteiger partial charge in [0.2, 0.25) is 12.2 Å². The number of hydrogen-bond donors (Lipinski definition) is 5. The number of aliphatic hydroxyl groups is 2. The molecule has 0 bridgehead atoms. The molecule has 0 aliphatic carbocycles. The molecule has 2 aromatic heterocycles. The van der Waals surface area contributed by atoms with Crippen molar-refractivity contribution in [2.75, 3.05) is 18.9 Å². The Balaban J connectivity index is 1.43. The second kappa shape index (κ2) is 15.4. The number of rotatable bonds is 13. The number of carbonyl (C=O) groups is 3. The van der Waals surface area contributed by atoms with Crippen molar-refractivity contribution in [3.05, 3.63) is 18.1 Å². The lowest BCUT2D eigenvalue weighted by Gasteiger charge is -2.43. The summed E-state index contributed by atoms with van der Waals surface area (Å²) in [5.74, 6) is -2.98. The molecule has 2 aliphatic rings. The number of hydrogen-bond acceptors (Lipinski definition) is 19. The van der Waals surface area contributed by atoms with Gasteiger partial charge in [-0.3, -0.25) is 23.4 Å². The van der Waals surface area contributed by atoms with Crippen molar-refractivity contribution in [2.24, 2.45) is 0 Å². The highest BCUT2D eigenvalue weighted by molar-refractivity contribution is 8.45. The molecule has 2 saturated heterocycles. The van der Waals surface area contributed by atoms with Crippen LogP contribution in [0.25, 0.3) is 5.65 Å². The van der Waals surface area contributed by atoms with E-state index in [-0.39, 0.29) is 18.0 Å². The van der Waals surface area contributed by atoms with E-state index < -0.39 is 101 Å². The van der Waals surface area contributed by atoms with Crippen LogP contribution in [0.2, 0.25) is 0 Å². The van der Waals surface area contributed by atoms with Gasteiger partial charge in [-0.05, 0) is 0 Å². The van der Waals surface area contributed by atoms with E-state index in [1.165, 1.54) is 17.0 Å². The zero-order valence-corrected chi connectivity index (χ0v) is 27.9. The number of aliphatic hydroxyl groups excluding tert-OH is 2. The monoisotopic (exact) mass is 747 g/mol. The van der Waals surface area contributed by atoms with E-state index >= 15 is 4.39 Å². The van der Waals surface area contributed by atoms with Crippen molar-refractivity contribution < 1.29 is 80.1 Å². The summed E-state index contributed by atoms with van der Waals surface area (Å²) >= 11 is 3.68. The fraction of sp³-hybridized carbons (Fsp3) is 0.652. The summed E-state index contributed by atoms with van der Waals surface area (Å²) in [7, 11) is -5.62. The zero-order valence-electron chi connectivity index (χ0n) is 25.2. The number of thiol groups is 1. The summed E-state index contributed by atoms with van der Waals surface area (Å²) in [4.78, 5) is 52.9. The standard InChI is InChI=1S/C23H32FN5O16P2S/c1-9(30)38-7-14(24)18-19(40-10(2)31)16(34)20(41-11(3)32)22(43-18)44-46(35,36)45-47(37,48)39-6-12-4-15(33)17(42-12)13-5-28-29-21(13)26-8-27-23(29)25/h5,8,12,14-20,22,33-34H,4,6-7H2,1-3H3,(H,35,36)(H,37,48)(H2,25,26,27)/t12-,14-,15+,16?,17-,18?,19?,20?,22?,47?/m0/s1. The first-order valence-electron chi connectivity index (χ1n) is 13.8. The van der Waals surface area contributed by atoms with Gasteiger partial charge in [-0.2, -0.15) is 13.9 Å². The highest BCUT2D eigenvalue weighted by Crippen LogP contribution is 2.66. The highest BCUT2D eigenvalue weighted by Gasteiger charge is 2.55. The van der Waals surface area contributed by atoms with Crippen LogP contribution in [0.4, 0.5) is 10.3 Å². The molecular formula is C23H32FN5O16P2S. The van der Waals surface area contributed by atoms with Crippen molar-refractivity contribution in [2.45, 2.75) is 82.4 Å². The molecule has 0 saturated carbocycles. The number of esters is 3. The van der Waals surface area contributed by atoms with Gasteiger partial charge >= 0.3 is 32.5 Å². The molecule has 0 aromatic carbocycles. The third kappa shape index (κ3) is 9.45. The van der Waals surface area contributed by atoms with Crippen LogP contribution in [0.5, 0.6) is 0 Å². The van der Waals surface area contributed by atoms with E-state index in [9.17, 15) is 38.6 Å². The molecule has 0 spiro atoms. The predicted molar refractivity (Wildman–Crippen MR) is 155 cm³/mol. The van der Waals surface area contributed by atoms with E-state index in [0.29, 0.717) is 5.56 Å². The summed E-state index contributed by atoms with van der Waals surface area (Å²) < 4.78 is 82.4. The smallest absolute Gasteiger partial charge is 0.463 e. The number of phosphoric acid groups is 1. The van der Waals surface area contributed by atoms with Crippen molar-refractivity contribution in [1.82, 2.24) is 19.6 Å². The molecule has 5 N–H and O–H groups in total. The Hall–Kier alpha value is -2.82. The summed E-state index contributed by atoms with van der Waals surface area (Å²) in [6, 6.07) is 0. The van der Waals surface area contributed by atoms with Gasteiger partial charge in [0.05, 0.1) is 25.0 Å². The first-order valence-corrected chi connectivity index (χ1v) is 18.0. The minimum Gasteiger partial charge on any atom is -0.463 e. The third-order valence-corrected chi connectivity index (χ3v) is 10.3. The van der Waals surface area contributed by atoms with Crippen LogP contribution >= 0.6 is 26.9 Å². The molecule has 25 heteroatoms. The number of nitrogen functional groups attached to an aromatic ring is 1. The average molecular weight is 748 g/mol. The van der Waals surface area contributed by atoms with Crippen molar-refractivity contribution in [3.63, 3.8) is 0 Å². The van der Waals surface area contributed by atoms with E-state index in [4.69, 9.17) is 33.7 Å². The van der Waals surface area contributed by atoms with Crippen molar-refractivity contribution >= 4 is 56.4 Å². The molecule has 4 heterocycles. The van der Waals surface area contributed by atoms with Gasteiger partial charge in [0.25, 0.3) is 0 Å². The van der Waals surface area contributed by atoms with Crippen molar-refractivity contribution in [1.29, 1.82) is 0 Å². The van der Waals surface area contributed by atoms with Crippen molar-refractivity contribution in [3.8, 4) is 0 Å².